The molecule has 100 valence electrons. The van der Waals surface area contributed by atoms with Crippen LogP contribution < -0.4 is 10.5 Å². The van der Waals surface area contributed by atoms with Crippen molar-refractivity contribution in [2.45, 2.75) is 6.18 Å². The summed E-state index contributed by atoms with van der Waals surface area (Å²) < 4.78 is 41.3. The number of hydrogen-bond donors (Lipinski definition) is 2. The zero-order chi connectivity index (χ0) is 14.0. The third kappa shape index (κ3) is 2.96. The predicted molar refractivity (Wildman–Crippen MR) is 66.5 cm³/mol. The third-order valence-electron chi connectivity index (χ3n) is 2.57. The highest BCUT2D eigenvalue weighted by atomic mass is 19.4. The average Bonchev–Trinajstić information content (AvgIpc) is 2.34. The van der Waals surface area contributed by atoms with Crippen molar-refractivity contribution >= 4 is 16.6 Å². The highest BCUT2D eigenvalue weighted by Crippen LogP contribution is 2.29. The lowest BCUT2D eigenvalue weighted by atomic mass is 10.0. The zero-order valence-electron chi connectivity index (χ0n) is 9.79. The Balaban J connectivity index is 2.47. The minimum atomic E-state index is -4.39. The van der Waals surface area contributed by atoms with Crippen molar-refractivity contribution in [3.05, 3.63) is 42.0 Å². The van der Waals surface area contributed by atoms with Crippen molar-refractivity contribution in [3.63, 3.8) is 0 Å². The summed E-state index contributed by atoms with van der Waals surface area (Å²) >= 11 is 0. The van der Waals surface area contributed by atoms with E-state index in [2.05, 4.69) is 0 Å². The average molecular weight is 268 g/mol. The van der Waals surface area contributed by atoms with Crippen LogP contribution in [0, 0.1) is 5.41 Å². The molecular weight excluding hydrogens is 257 g/mol. The van der Waals surface area contributed by atoms with Crippen molar-refractivity contribution in [2.24, 2.45) is 5.73 Å². The molecule has 0 saturated heterocycles. The fraction of sp³-hybridized carbons (Fsp3) is 0.154. The summed E-state index contributed by atoms with van der Waals surface area (Å²) in [6.07, 6.45) is -4.39. The van der Waals surface area contributed by atoms with Gasteiger partial charge in [-0.3, -0.25) is 5.41 Å². The lowest BCUT2D eigenvalue weighted by molar-refractivity contribution is -0.153. The fourth-order valence-corrected chi connectivity index (χ4v) is 1.79. The quantitative estimate of drug-likeness (QED) is 0.664. The number of hydrogen-bond acceptors (Lipinski definition) is 2. The van der Waals surface area contributed by atoms with Crippen LogP contribution in [-0.2, 0) is 0 Å². The van der Waals surface area contributed by atoms with Crippen LogP contribution in [0.25, 0.3) is 10.8 Å². The standard InChI is InChI=1S/C13H11F3N2O/c14-13(15,16)7-19-11-6-5-10(12(17)18)8-3-1-2-4-9(8)11/h1-6H,7H2,(H3,17,18). The molecule has 3 N–H and O–H groups in total. The van der Waals surface area contributed by atoms with Crippen LogP contribution in [0.15, 0.2) is 36.4 Å². The second-order valence-corrected chi connectivity index (χ2v) is 3.97. The van der Waals surface area contributed by atoms with Gasteiger partial charge in [0, 0.05) is 10.9 Å². The van der Waals surface area contributed by atoms with Crippen LogP contribution in [0.3, 0.4) is 0 Å². The Bertz CT molecular complexity index is 623. The molecule has 2 aromatic carbocycles. The number of amidine groups is 1. The minimum absolute atomic E-state index is 0.123. The molecule has 0 spiro atoms. The maximum atomic E-state index is 12.2. The van der Waals surface area contributed by atoms with Crippen LogP contribution >= 0.6 is 0 Å². The van der Waals surface area contributed by atoms with Gasteiger partial charge >= 0.3 is 6.18 Å². The van der Waals surface area contributed by atoms with E-state index in [9.17, 15) is 13.2 Å². The largest absolute Gasteiger partial charge is 0.483 e. The smallest absolute Gasteiger partial charge is 0.422 e. The van der Waals surface area contributed by atoms with Crippen LogP contribution in [0.5, 0.6) is 5.75 Å². The van der Waals surface area contributed by atoms with E-state index in [4.69, 9.17) is 15.9 Å². The Hall–Kier alpha value is -2.24. The lowest BCUT2D eigenvalue weighted by Gasteiger charge is -2.13. The second kappa shape index (κ2) is 4.79. The van der Waals surface area contributed by atoms with E-state index >= 15 is 0 Å². The first-order valence-corrected chi connectivity index (χ1v) is 5.44. The van der Waals surface area contributed by atoms with Gasteiger partial charge in [-0.2, -0.15) is 13.2 Å². The van der Waals surface area contributed by atoms with E-state index in [-0.39, 0.29) is 11.6 Å². The molecule has 0 radical (unpaired) electrons. The van der Waals surface area contributed by atoms with Gasteiger partial charge in [-0.15, -0.1) is 0 Å². The topological polar surface area (TPSA) is 59.1 Å². The van der Waals surface area contributed by atoms with E-state index in [0.717, 1.165) is 0 Å². The van der Waals surface area contributed by atoms with Crippen LogP contribution in [0.4, 0.5) is 13.2 Å². The Morgan fingerprint density at radius 1 is 1.11 bits per heavy atom. The van der Waals surface area contributed by atoms with Gasteiger partial charge in [0.05, 0.1) is 0 Å². The van der Waals surface area contributed by atoms with Gasteiger partial charge in [0.1, 0.15) is 11.6 Å². The van der Waals surface area contributed by atoms with Gasteiger partial charge in [-0.25, -0.2) is 0 Å². The molecule has 0 bridgehead atoms. The molecular formula is C13H11F3N2O. The van der Waals surface area contributed by atoms with Crippen molar-refractivity contribution in [1.29, 1.82) is 5.41 Å². The van der Waals surface area contributed by atoms with Crippen molar-refractivity contribution in [3.8, 4) is 5.75 Å². The maximum Gasteiger partial charge on any atom is 0.422 e. The SMILES string of the molecule is N=C(N)c1ccc(OCC(F)(F)F)c2ccccc12. The summed E-state index contributed by atoms with van der Waals surface area (Å²) in [7, 11) is 0. The fourth-order valence-electron chi connectivity index (χ4n) is 1.79. The normalized spacial score (nSPS) is 11.5. The van der Waals surface area contributed by atoms with Gasteiger partial charge in [0.15, 0.2) is 6.61 Å². The van der Waals surface area contributed by atoms with Gasteiger partial charge in [0.25, 0.3) is 0 Å². The van der Waals surface area contributed by atoms with E-state index in [1.807, 2.05) is 0 Å². The summed E-state index contributed by atoms with van der Waals surface area (Å²) in [4.78, 5) is 0. The molecule has 19 heavy (non-hydrogen) atoms. The number of fused-ring (bicyclic) bond motifs is 1. The number of nitrogens with one attached hydrogen (secondary N) is 1. The first-order valence-electron chi connectivity index (χ1n) is 5.44. The Morgan fingerprint density at radius 2 is 1.74 bits per heavy atom. The molecule has 2 aromatic rings. The monoisotopic (exact) mass is 268 g/mol. The highest BCUT2D eigenvalue weighted by molar-refractivity contribution is 6.09. The number of alkyl halides is 3. The first-order chi connectivity index (χ1) is 8.88. The van der Waals surface area contributed by atoms with E-state index in [1.165, 1.54) is 12.1 Å². The molecule has 0 atom stereocenters. The van der Waals surface area contributed by atoms with E-state index < -0.39 is 12.8 Å². The number of nitrogen functional groups attached to an aromatic ring is 1. The Morgan fingerprint density at radius 3 is 2.32 bits per heavy atom. The molecule has 0 amide bonds. The number of benzene rings is 2. The molecule has 0 unspecified atom stereocenters. The van der Waals surface area contributed by atoms with E-state index in [0.29, 0.717) is 16.3 Å². The van der Waals surface area contributed by atoms with Crippen LogP contribution in [-0.4, -0.2) is 18.6 Å². The summed E-state index contributed by atoms with van der Waals surface area (Å²) in [6, 6.07) is 9.61. The van der Waals surface area contributed by atoms with Gasteiger partial charge in [-0.1, -0.05) is 24.3 Å². The molecule has 0 fully saturated rings. The van der Waals surface area contributed by atoms with E-state index in [1.54, 1.807) is 24.3 Å². The molecule has 0 saturated carbocycles. The maximum absolute atomic E-state index is 12.2. The third-order valence-corrected chi connectivity index (χ3v) is 2.57. The van der Waals surface area contributed by atoms with Gasteiger partial charge in [-0.05, 0) is 17.5 Å². The molecule has 0 heterocycles. The zero-order valence-corrected chi connectivity index (χ0v) is 9.79. The lowest BCUT2D eigenvalue weighted by Crippen LogP contribution is -2.19. The Labute approximate surface area is 107 Å². The number of rotatable bonds is 3. The number of ether oxygens (including phenoxy) is 1. The summed E-state index contributed by atoms with van der Waals surface area (Å²) in [5.74, 6) is -0.0171. The molecule has 0 aromatic heterocycles. The molecule has 0 aliphatic carbocycles. The second-order valence-electron chi connectivity index (χ2n) is 3.97. The van der Waals surface area contributed by atoms with Crippen molar-refractivity contribution < 1.29 is 17.9 Å². The molecule has 2 rings (SSSR count). The van der Waals surface area contributed by atoms with Gasteiger partial charge < -0.3 is 10.5 Å². The number of nitrogens with two attached hydrogens (primary N) is 1. The molecule has 0 aliphatic heterocycles. The van der Waals surface area contributed by atoms with Crippen LogP contribution in [0.2, 0.25) is 0 Å². The predicted octanol–water partition coefficient (Wildman–Crippen LogP) is 3.06. The first kappa shape index (κ1) is 13.2. The number of halogens is 3. The highest BCUT2D eigenvalue weighted by Gasteiger charge is 2.28. The molecule has 3 nitrogen and oxygen atoms in total. The molecule has 6 heteroatoms. The summed E-state index contributed by atoms with van der Waals surface area (Å²) in [5.41, 5.74) is 5.90. The molecule has 0 aliphatic rings. The summed E-state index contributed by atoms with van der Waals surface area (Å²) in [5, 5.41) is 8.54. The van der Waals surface area contributed by atoms with Gasteiger partial charge in [0.2, 0.25) is 0 Å². The van der Waals surface area contributed by atoms with Crippen LogP contribution in [0.1, 0.15) is 5.56 Å². The summed E-state index contributed by atoms with van der Waals surface area (Å²) in [6.45, 7) is -1.35. The van der Waals surface area contributed by atoms with Crippen molar-refractivity contribution in [2.75, 3.05) is 6.61 Å². The van der Waals surface area contributed by atoms with Crippen molar-refractivity contribution in [1.82, 2.24) is 0 Å². The minimum Gasteiger partial charge on any atom is -0.483 e. The Kier molecular flexibility index (Phi) is 3.33.